The summed E-state index contributed by atoms with van der Waals surface area (Å²) in [5.41, 5.74) is 0.688. The van der Waals surface area contributed by atoms with Crippen molar-refractivity contribution in [3.8, 4) is 0 Å². The average molecular weight is 344 g/mol. The van der Waals surface area contributed by atoms with Crippen molar-refractivity contribution in [2.24, 2.45) is 34.5 Å². The summed E-state index contributed by atoms with van der Waals surface area (Å²) in [6.45, 7) is 3.92. The first-order valence-corrected chi connectivity index (χ1v) is 9.57. The Labute approximate surface area is 149 Å². The zero-order chi connectivity index (χ0) is 18.0. The highest BCUT2D eigenvalue weighted by Gasteiger charge is 2.62. The average Bonchev–Trinajstić information content (AvgIpc) is 2.91. The Hall–Kier alpha value is -1.26. The first-order valence-electron chi connectivity index (χ1n) is 9.57. The third kappa shape index (κ3) is 2.26. The Balaban J connectivity index is 1.71. The van der Waals surface area contributed by atoms with E-state index in [1.165, 1.54) is 0 Å². The predicted octanol–water partition coefficient (Wildman–Crippen LogP) is 2.44. The fraction of sp³-hybridized carbons (Fsp3) is 0.714. The number of fused-ring (bicyclic) bond motifs is 5. The van der Waals surface area contributed by atoms with Crippen LogP contribution in [-0.2, 0) is 9.59 Å². The van der Waals surface area contributed by atoms with E-state index in [2.05, 4.69) is 13.8 Å². The number of carbonyl (C=O) groups is 2. The van der Waals surface area contributed by atoms with E-state index in [1.807, 2.05) is 6.08 Å². The molecular weight excluding hydrogens is 316 g/mol. The third-order valence-corrected chi connectivity index (χ3v) is 8.04. The number of hydrogen-bond donors (Lipinski definition) is 2. The number of Topliss-reactive ketones (excluding diaryl/α,β-unsaturated/α-hetero) is 1. The highest BCUT2D eigenvalue weighted by molar-refractivity contribution is 6.01. The highest BCUT2D eigenvalue weighted by Crippen LogP contribution is 2.65. The Morgan fingerprint density at radius 1 is 1.28 bits per heavy atom. The molecule has 0 unspecified atom stereocenters. The summed E-state index contributed by atoms with van der Waals surface area (Å²) >= 11 is 0. The minimum absolute atomic E-state index is 0.0514. The molecule has 4 aliphatic carbocycles. The second kappa shape index (κ2) is 5.62. The van der Waals surface area contributed by atoms with Crippen LogP contribution in [0.25, 0.3) is 0 Å². The van der Waals surface area contributed by atoms with Crippen LogP contribution >= 0.6 is 0 Å². The quantitative estimate of drug-likeness (QED) is 0.807. The standard InChI is InChI=1S/C21H28O4/c1-20-8-7-13(23)9-12(20)3-4-14-15-5-6-16(18(25)11-22)21(15,2)10-17(24)19(14)20/h7-9,14-17,19,22,24H,3-6,10-11H2,1-2H3/t14-,15+,16+,17+,19+,20-,21-/m0/s1. The molecule has 4 heteroatoms. The SMILES string of the molecule is C[C@]12C[C@@H](O)[C@H]3[C@@H](CCC4=CC(=O)C=C[C@@]43C)[C@H]1CC[C@@H]2C(=O)CO. The second-order valence-electron chi connectivity index (χ2n) is 9.05. The number of aliphatic hydroxyl groups is 2. The molecule has 4 nitrogen and oxygen atoms in total. The summed E-state index contributed by atoms with van der Waals surface area (Å²) in [7, 11) is 0. The van der Waals surface area contributed by atoms with Crippen molar-refractivity contribution >= 4 is 11.6 Å². The lowest BCUT2D eigenvalue weighted by Gasteiger charge is -2.58. The molecule has 0 spiro atoms. The van der Waals surface area contributed by atoms with Crippen LogP contribution in [0.1, 0.15) is 46.0 Å². The first kappa shape index (κ1) is 17.2. The lowest BCUT2D eigenvalue weighted by Crippen LogP contribution is -2.56. The largest absolute Gasteiger partial charge is 0.393 e. The molecule has 7 atom stereocenters. The third-order valence-electron chi connectivity index (χ3n) is 8.04. The maximum Gasteiger partial charge on any atom is 0.178 e. The minimum Gasteiger partial charge on any atom is -0.393 e. The van der Waals surface area contributed by atoms with Crippen molar-refractivity contribution < 1.29 is 19.8 Å². The molecule has 0 bridgehead atoms. The Morgan fingerprint density at radius 2 is 2.04 bits per heavy atom. The van der Waals surface area contributed by atoms with Gasteiger partial charge in [-0.2, -0.15) is 0 Å². The maximum absolute atomic E-state index is 12.3. The van der Waals surface area contributed by atoms with Gasteiger partial charge in [0.05, 0.1) is 6.10 Å². The Kier molecular flexibility index (Phi) is 3.86. The molecule has 0 aliphatic heterocycles. The van der Waals surface area contributed by atoms with Crippen LogP contribution in [0.2, 0.25) is 0 Å². The normalized spacial score (nSPS) is 48.4. The summed E-state index contributed by atoms with van der Waals surface area (Å²) < 4.78 is 0. The lowest BCUT2D eigenvalue weighted by molar-refractivity contribution is -0.141. The Morgan fingerprint density at radius 3 is 2.76 bits per heavy atom. The van der Waals surface area contributed by atoms with Crippen molar-refractivity contribution in [1.82, 2.24) is 0 Å². The second-order valence-corrected chi connectivity index (χ2v) is 9.05. The van der Waals surface area contributed by atoms with E-state index in [0.29, 0.717) is 18.3 Å². The van der Waals surface area contributed by atoms with Crippen molar-refractivity contribution in [3.05, 3.63) is 23.8 Å². The van der Waals surface area contributed by atoms with Crippen molar-refractivity contribution in [3.63, 3.8) is 0 Å². The summed E-state index contributed by atoms with van der Waals surface area (Å²) in [6.07, 6.45) is 9.25. The van der Waals surface area contributed by atoms with Gasteiger partial charge in [0.25, 0.3) is 0 Å². The van der Waals surface area contributed by atoms with Crippen LogP contribution in [0, 0.1) is 34.5 Å². The first-order chi connectivity index (χ1) is 11.8. The molecule has 25 heavy (non-hydrogen) atoms. The van der Waals surface area contributed by atoms with Gasteiger partial charge >= 0.3 is 0 Å². The molecular formula is C21H28O4. The topological polar surface area (TPSA) is 74.6 Å². The van der Waals surface area contributed by atoms with Crippen LogP contribution < -0.4 is 0 Å². The van der Waals surface area contributed by atoms with E-state index in [1.54, 1.807) is 12.2 Å². The molecule has 0 amide bonds. The van der Waals surface area contributed by atoms with Crippen LogP contribution in [0.15, 0.2) is 23.8 Å². The van der Waals surface area contributed by atoms with Gasteiger partial charge in [-0.05, 0) is 61.5 Å². The van der Waals surface area contributed by atoms with Crippen molar-refractivity contribution in [1.29, 1.82) is 0 Å². The van der Waals surface area contributed by atoms with E-state index < -0.39 is 12.7 Å². The van der Waals surface area contributed by atoms with Crippen LogP contribution in [0.4, 0.5) is 0 Å². The number of hydrogen-bond acceptors (Lipinski definition) is 4. The molecule has 0 radical (unpaired) electrons. The summed E-state index contributed by atoms with van der Waals surface area (Å²) in [6, 6.07) is 0. The van der Waals surface area contributed by atoms with E-state index in [-0.39, 0.29) is 34.2 Å². The molecule has 2 N–H and O–H groups in total. The zero-order valence-electron chi connectivity index (χ0n) is 15.1. The predicted molar refractivity (Wildman–Crippen MR) is 93.6 cm³/mol. The van der Waals surface area contributed by atoms with Crippen LogP contribution in [-0.4, -0.2) is 34.5 Å². The molecule has 0 saturated heterocycles. The fourth-order valence-electron chi connectivity index (χ4n) is 6.96. The summed E-state index contributed by atoms with van der Waals surface area (Å²) in [5.74, 6) is 0.734. The molecule has 0 aromatic carbocycles. The molecule has 0 heterocycles. The number of ketones is 2. The molecule has 3 fully saturated rings. The van der Waals surface area contributed by atoms with Gasteiger partial charge in [0.15, 0.2) is 11.6 Å². The van der Waals surface area contributed by atoms with E-state index in [9.17, 15) is 19.8 Å². The van der Waals surface area contributed by atoms with Gasteiger partial charge in [-0.1, -0.05) is 25.5 Å². The molecule has 0 aromatic rings. The van der Waals surface area contributed by atoms with Gasteiger partial charge in [-0.25, -0.2) is 0 Å². The number of aliphatic hydroxyl groups excluding tert-OH is 2. The maximum atomic E-state index is 12.3. The van der Waals surface area contributed by atoms with E-state index >= 15 is 0 Å². The lowest BCUT2D eigenvalue weighted by atomic mass is 9.46. The molecule has 3 saturated carbocycles. The van der Waals surface area contributed by atoms with Gasteiger partial charge in [-0.3, -0.25) is 9.59 Å². The number of allylic oxidation sites excluding steroid dienone is 4. The van der Waals surface area contributed by atoms with Crippen LogP contribution in [0.3, 0.4) is 0 Å². The fourth-order valence-corrected chi connectivity index (χ4v) is 6.96. The highest BCUT2D eigenvalue weighted by atomic mass is 16.3. The van der Waals surface area contributed by atoms with Gasteiger partial charge in [0.1, 0.15) is 6.61 Å². The smallest absolute Gasteiger partial charge is 0.178 e. The van der Waals surface area contributed by atoms with Gasteiger partial charge in [0.2, 0.25) is 0 Å². The van der Waals surface area contributed by atoms with E-state index in [0.717, 1.165) is 31.3 Å². The molecule has 136 valence electrons. The van der Waals surface area contributed by atoms with Crippen molar-refractivity contribution in [2.75, 3.05) is 6.61 Å². The summed E-state index contributed by atoms with van der Waals surface area (Å²) in [5, 5.41) is 20.5. The number of rotatable bonds is 2. The van der Waals surface area contributed by atoms with Gasteiger partial charge < -0.3 is 10.2 Å². The molecule has 0 aromatic heterocycles. The van der Waals surface area contributed by atoms with E-state index in [4.69, 9.17) is 0 Å². The minimum atomic E-state index is -0.482. The van der Waals surface area contributed by atoms with Gasteiger partial charge in [-0.15, -0.1) is 0 Å². The van der Waals surface area contributed by atoms with Crippen LogP contribution in [0.5, 0.6) is 0 Å². The van der Waals surface area contributed by atoms with Gasteiger partial charge in [0, 0.05) is 17.3 Å². The summed E-state index contributed by atoms with van der Waals surface area (Å²) in [4.78, 5) is 24.1. The Bertz CT molecular complexity index is 677. The van der Waals surface area contributed by atoms with Crippen molar-refractivity contribution in [2.45, 2.75) is 52.1 Å². The molecule has 4 rings (SSSR count). The zero-order valence-corrected chi connectivity index (χ0v) is 15.1. The molecule has 4 aliphatic rings. The monoisotopic (exact) mass is 344 g/mol. The number of carbonyl (C=O) groups excluding carboxylic acids is 2.